The van der Waals surface area contributed by atoms with Crippen molar-refractivity contribution < 1.29 is 13.2 Å². The molecule has 0 aliphatic carbocycles. The Kier molecular flexibility index (Phi) is 5.14. The summed E-state index contributed by atoms with van der Waals surface area (Å²) in [5.74, 6) is -0.229. The van der Waals surface area contributed by atoms with E-state index in [1.165, 1.54) is 11.3 Å². The van der Waals surface area contributed by atoms with E-state index in [1.807, 2.05) is 17.5 Å². The van der Waals surface area contributed by atoms with Crippen molar-refractivity contribution in [2.75, 3.05) is 16.2 Å². The number of thiophene rings is 1. The zero-order valence-electron chi connectivity index (χ0n) is 14.8. The van der Waals surface area contributed by atoms with E-state index < -0.39 is 10.0 Å². The predicted octanol–water partition coefficient (Wildman–Crippen LogP) is 4.55. The van der Waals surface area contributed by atoms with E-state index in [2.05, 4.69) is 4.72 Å². The zero-order chi connectivity index (χ0) is 19.7. The van der Waals surface area contributed by atoms with Gasteiger partial charge >= 0.3 is 0 Å². The van der Waals surface area contributed by atoms with Crippen molar-refractivity contribution in [2.24, 2.45) is 0 Å². The Balaban J connectivity index is 1.52. The van der Waals surface area contributed by atoms with Crippen molar-refractivity contribution >= 4 is 50.2 Å². The number of amides is 1. The van der Waals surface area contributed by atoms with Crippen LogP contribution < -0.4 is 9.62 Å². The fourth-order valence-electron chi connectivity index (χ4n) is 3.25. The first kappa shape index (κ1) is 19.0. The summed E-state index contributed by atoms with van der Waals surface area (Å²) in [6.45, 7) is 0.585. The third-order valence-corrected chi connectivity index (χ3v) is 6.99. The van der Waals surface area contributed by atoms with Crippen LogP contribution in [0.1, 0.15) is 20.8 Å². The molecular weight excluding hydrogens is 416 g/mol. The lowest BCUT2D eigenvalue weighted by Gasteiger charge is -2.17. The molecule has 8 heteroatoms. The first-order valence-electron chi connectivity index (χ1n) is 8.65. The van der Waals surface area contributed by atoms with Crippen LogP contribution in [0.4, 0.5) is 11.4 Å². The van der Waals surface area contributed by atoms with Crippen LogP contribution in [0.25, 0.3) is 0 Å². The van der Waals surface area contributed by atoms with Crippen LogP contribution >= 0.6 is 22.9 Å². The van der Waals surface area contributed by atoms with Crippen molar-refractivity contribution in [1.82, 2.24) is 0 Å². The van der Waals surface area contributed by atoms with E-state index in [9.17, 15) is 13.2 Å². The summed E-state index contributed by atoms with van der Waals surface area (Å²) in [4.78, 5) is 15.1. The Morgan fingerprint density at radius 3 is 2.71 bits per heavy atom. The molecule has 4 rings (SSSR count). The first-order valence-corrected chi connectivity index (χ1v) is 11.6. The SMILES string of the molecule is O=C(c1cccs1)N1CCc2cc(NS(=O)(=O)Cc3ccccc3Cl)ccc21. The molecule has 0 saturated heterocycles. The quantitative estimate of drug-likeness (QED) is 0.643. The van der Waals surface area contributed by atoms with Gasteiger partial charge in [-0.3, -0.25) is 9.52 Å². The molecule has 0 unspecified atom stereocenters. The molecule has 0 spiro atoms. The van der Waals surface area contributed by atoms with Gasteiger partial charge < -0.3 is 4.90 Å². The molecule has 1 aliphatic heterocycles. The Labute approximate surface area is 172 Å². The number of benzene rings is 2. The molecule has 144 valence electrons. The number of nitrogens with one attached hydrogen (secondary N) is 1. The number of carbonyl (C=O) groups excluding carboxylic acids is 1. The average Bonchev–Trinajstić information content (AvgIpc) is 3.32. The van der Waals surface area contributed by atoms with Crippen LogP contribution in [0.3, 0.4) is 0 Å². The van der Waals surface area contributed by atoms with Crippen molar-refractivity contribution in [3.05, 3.63) is 81.0 Å². The van der Waals surface area contributed by atoms with Gasteiger partial charge in [0.1, 0.15) is 0 Å². The first-order chi connectivity index (χ1) is 13.4. The summed E-state index contributed by atoms with van der Waals surface area (Å²) in [6.07, 6.45) is 0.687. The van der Waals surface area contributed by atoms with Gasteiger partial charge in [-0.05, 0) is 53.3 Å². The molecule has 0 atom stereocenters. The van der Waals surface area contributed by atoms with E-state index in [0.717, 1.165) is 11.3 Å². The van der Waals surface area contributed by atoms with Crippen LogP contribution in [0, 0.1) is 0 Å². The molecule has 1 aromatic heterocycles. The lowest BCUT2D eigenvalue weighted by molar-refractivity contribution is 0.0993. The number of rotatable bonds is 5. The van der Waals surface area contributed by atoms with Gasteiger partial charge in [-0.2, -0.15) is 0 Å². The molecule has 0 radical (unpaired) electrons. The van der Waals surface area contributed by atoms with E-state index >= 15 is 0 Å². The topological polar surface area (TPSA) is 66.5 Å². The minimum absolute atomic E-state index is 0.0270. The maximum atomic E-state index is 12.6. The largest absolute Gasteiger partial charge is 0.307 e. The third kappa shape index (κ3) is 3.92. The number of fused-ring (bicyclic) bond motifs is 1. The molecule has 1 amide bonds. The number of anilines is 2. The summed E-state index contributed by atoms with van der Waals surface area (Å²) >= 11 is 7.48. The van der Waals surface area contributed by atoms with E-state index in [1.54, 1.807) is 47.4 Å². The summed E-state index contributed by atoms with van der Waals surface area (Å²) < 4.78 is 27.6. The fourth-order valence-corrected chi connectivity index (χ4v) is 5.42. The molecule has 1 aliphatic rings. The van der Waals surface area contributed by atoms with Gasteiger partial charge in [0.2, 0.25) is 10.0 Å². The molecule has 1 N–H and O–H groups in total. The highest BCUT2D eigenvalue weighted by Crippen LogP contribution is 2.32. The second kappa shape index (κ2) is 7.58. The minimum Gasteiger partial charge on any atom is -0.307 e. The average molecular weight is 433 g/mol. The predicted molar refractivity (Wildman–Crippen MR) is 114 cm³/mol. The molecule has 5 nitrogen and oxygen atoms in total. The highest BCUT2D eigenvalue weighted by Gasteiger charge is 2.26. The lowest BCUT2D eigenvalue weighted by atomic mass is 10.1. The Morgan fingerprint density at radius 2 is 1.96 bits per heavy atom. The zero-order valence-corrected chi connectivity index (χ0v) is 17.2. The maximum absolute atomic E-state index is 12.6. The summed E-state index contributed by atoms with van der Waals surface area (Å²) in [6, 6.07) is 15.8. The minimum atomic E-state index is -3.61. The molecule has 0 fully saturated rings. The second-order valence-electron chi connectivity index (χ2n) is 6.48. The van der Waals surface area contributed by atoms with Gasteiger partial charge in [0.05, 0.1) is 10.6 Å². The van der Waals surface area contributed by atoms with Crippen LogP contribution in [0.15, 0.2) is 60.0 Å². The van der Waals surface area contributed by atoms with E-state index in [-0.39, 0.29) is 11.7 Å². The molecule has 3 aromatic rings. The third-order valence-electron chi connectivity index (χ3n) is 4.53. The number of hydrogen-bond donors (Lipinski definition) is 1. The lowest BCUT2D eigenvalue weighted by Crippen LogP contribution is -2.28. The van der Waals surface area contributed by atoms with Crippen LogP contribution in [0.2, 0.25) is 5.02 Å². The van der Waals surface area contributed by atoms with Crippen molar-refractivity contribution in [1.29, 1.82) is 0 Å². The number of carbonyl (C=O) groups is 1. The monoisotopic (exact) mass is 432 g/mol. The van der Waals surface area contributed by atoms with Gasteiger partial charge in [-0.15, -0.1) is 11.3 Å². The maximum Gasteiger partial charge on any atom is 0.268 e. The van der Waals surface area contributed by atoms with Crippen molar-refractivity contribution in [2.45, 2.75) is 12.2 Å². The molecule has 2 aromatic carbocycles. The Morgan fingerprint density at radius 1 is 1.14 bits per heavy atom. The number of nitrogens with zero attached hydrogens (tertiary/aromatic N) is 1. The summed E-state index contributed by atoms with van der Waals surface area (Å²) in [5, 5.41) is 2.30. The highest BCUT2D eigenvalue weighted by atomic mass is 35.5. The Hall–Kier alpha value is -2.35. The Bertz CT molecular complexity index is 1130. The van der Waals surface area contributed by atoms with Gasteiger partial charge in [0.15, 0.2) is 0 Å². The normalized spacial score (nSPS) is 13.4. The summed E-state index contributed by atoms with van der Waals surface area (Å²) in [5.41, 5.74) is 2.80. The molecule has 28 heavy (non-hydrogen) atoms. The van der Waals surface area contributed by atoms with Crippen LogP contribution in [0.5, 0.6) is 0 Å². The van der Waals surface area contributed by atoms with Crippen LogP contribution in [-0.2, 0) is 22.2 Å². The summed E-state index contributed by atoms with van der Waals surface area (Å²) in [7, 11) is -3.61. The second-order valence-corrected chi connectivity index (χ2v) is 9.56. The number of hydrogen-bond acceptors (Lipinski definition) is 4. The van der Waals surface area contributed by atoms with Crippen molar-refractivity contribution in [3.8, 4) is 0 Å². The molecule has 0 bridgehead atoms. The molecular formula is C20H17ClN2O3S2. The van der Waals surface area contributed by atoms with Gasteiger partial charge in [0.25, 0.3) is 5.91 Å². The van der Waals surface area contributed by atoms with E-state index in [4.69, 9.17) is 11.6 Å². The standard InChI is InChI=1S/C20H17ClN2O3S2/c21-17-5-2-1-4-15(17)13-28(25,26)22-16-7-8-18-14(12-16)9-10-23(18)20(24)19-6-3-11-27-19/h1-8,11-12,22H,9-10,13H2. The van der Waals surface area contributed by atoms with Gasteiger partial charge in [-0.1, -0.05) is 35.9 Å². The van der Waals surface area contributed by atoms with Crippen LogP contribution in [-0.4, -0.2) is 20.9 Å². The van der Waals surface area contributed by atoms with Crippen molar-refractivity contribution in [3.63, 3.8) is 0 Å². The van der Waals surface area contributed by atoms with Gasteiger partial charge in [0, 0.05) is 22.9 Å². The molecule has 0 saturated carbocycles. The van der Waals surface area contributed by atoms with E-state index in [0.29, 0.717) is 34.1 Å². The smallest absolute Gasteiger partial charge is 0.268 e. The number of halogens is 1. The number of sulfonamides is 1. The fraction of sp³-hybridized carbons (Fsp3) is 0.150. The highest BCUT2D eigenvalue weighted by molar-refractivity contribution is 7.91. The molecule has 2 heterocycles. The van der Waals surface area contributed by atoms with Gasteiger partial charge in [-0.25, -0.2) is 8.42 Å².